The Morgan fingerprint density at radius 2 is 2.12 bits per heavy atom. The summed E-state index contributed by atoms with van der Waals surface area (Å²) in [4.78, 5) is 12.6. The molecule has 16 heavy (non-hydrogen) atoms. The number of nitrogens with zero attached hydrogens (tertiary/aromatic N) is 4. The van der Waals surface area contributed by atoms with E-state index in [4.69, 9.17) is 0 Å². The Kier molecular flexibility index (Phi) is 2.26. The summed E-state index contributed by atoms with van der Waals surface area (Å²) in [5, 5.41) is 0. The van der Waals surface area contributed by atoms with Crippen molar-refractivity contribution in [1.82, 2.24) is 18.2 Å². The Balaban J connectivity index is 2.29. The van der Waals surface area contributed by atoms with Gasteiger partial charge in [0.2, 0.25) is 0 Å². The standard InChI is InChI=1S/C11H7N4.Ga/c1-2-4-13-8(3-1)10-5-9-11(15-10)6-12-7-14-9;/h1-7H;/q-1;+1. The Bertz CT molecular complexity index is 633. The second kappa shape index (κ2) is 3.77. The number of fused-ring (bicyclic) bond motifs is 1. The van der Waals surface area contributed by atoms with E-state index in [-0.39, 0.29) is 0 Å². The molecule has 0 unspecified atom stereocenters. The van der Waals surface area contributed by atoms with Gasteiger partial charge in [0.15, 0.2) is 0 Å². The molecular formula is C11H7GaN4. The normalized spacial score (nSPS) is 10.8. The van der Waals surface area contributed by atoms with E-state index in [9.17, 15) is 0 Å². The van der Waals surface area contributed by atoms with Crippen LogP contribution in [0.5, 0.6) is 0 Å². The summed E-state index contributed by atoms with van der Waals surface area (Å²) in [5.74, 6) is 0. The molecule has 0 saturated heterocycles. The molecule has 3 heterocycles. The van der Waals surface area contributed by atoms with Crippen LogP contribution < -0.4 is 0 Å². The number of hydrogen-bond acceptors (Lipinski definition) is 3. The summed E-state index contributed by atoms with van der Waals surface area (Å²) in [5.41, 5.74) is 4.05. The van der Waals surface area contributed by atoms with Crippen LogP contribution in [-0.2, 0) is 0 Å². The number of hydrogen-bond donors (Lipinski definition) is 0. The van der Waals surface area contributed by atoms with Crippen molar-refractivity contribution in [3.63, 3.8) is 0 Å². The van der Waals surface area contributed by atoms with Gasteiger partial charge in [-0.3, -0.25) is 0 Å². The Morgan fingerprint density at radius 3 is 2.88 bits per heavy atom. The van der Waals surface area contributed by atoms with Gasteiger partial charge in [-0.25, -0.2) is 0 Å². The van der Waals surface area contributed by atoms with E-state index < -0.39 is 0 Å². The van der Waals surface area contributed by atoms with E-state index in [1.165, 1.54) is 18.8 Å². The van der Waals surface area contributed by atoms with Crippen LogP contribution in [0, 0.1) is 0 Å². The third kappa shape index (κ3) is 1.45. The Labute approximate surface area is 103 Å². The summed E-state index contributed by atoms with van der Waals surface area (Å²) >= 11 is 1.50. The van der Waals surface area contributed by atoms with Crippen LogP contribution in [0.4, 0.5) is 0 Å². The fourth-order valence-corrected chi connectivity index (χ4v) is 2.52. The van der Waals surface area contributed by atoms with Crippen molar-refractivity contribution < 1.29 is 0 Å². The summed E-state index contributed by atoms with van der Waals surface area (Å²) < 4.78 is 2.12. The molecule has 0 fully saturated rings. The van der Waals surface area contributed by atoms with E-state index in [1.807, 2.05) is 30.5 Å². The van der Waals surface area contributed by atoms with Crippen molar-refractivity contribution in [2.75, 3.05) is 0 Å². The van der Waals surface area contributed by atoms with Crippen LogP contribution in [0.15, 0.2) is 43.0 Å². The molecule has 3 aromatic heterocycles. The van der Waals surface area contributed by atoms with Gasteiger partial charge in [0.25, 0.3) is 0 Å². The van der Waals surface area contributed by atoms with Gasteiger partial charge in [-0.1, -0.05) is 0 Å². The fraction of sp³-hybridized carbons (Fsp3) is 0. The van der Waals surface area contributed by atoms with E-state index in [0.717, 1.165) is 22.4 Å². The van der Waals surface area contributed by atoms with Crippen LogP contribution in [0.3, 0.4) is 0 Å². The maximum atomic E-state index is 4.35. The molecule has 0 N–H and O–H groups in total. The number of pyridine rings is 1. The molecule has 3 rings (SSSR count). The molecule has 0 atom stereocenters. The first-order chi connectivity index (χ1) is 7.86. The van der Waals surface area contributed by atoms with Gasteiger partial charge >= 0.3 is 102 Å². The molecule has 0 saturated carbocycles. The molecule has 0 aliphatic carbocycles. The van der Waals surface area contributed by atoms with Crippen molar-refractivity contribution in [2.24, 2.45) is 0 Å². The minimum atomic E-state index is 0.958. The fourth-order valence-electron chi connectivity index (χ4n) is 1.67. The predicted molar refractivity (Wildman–Crippen MR) is 61.9 cm³/mol. The first kappa shape index (κ1) is 9.62. The van der Waals surface area contributed by atoms with Gasteiger partial charge in [-0.05, 0) is 0 Å². The second-order valence-corrected chi connectivity index (χ2v) is 4.49. The van der Waals surface area contributed by atoms with Crippen molar-refractivity contribution in [2.45, 2.75) is 0 Å². The monoisotopic (exact) mass is 264 g/mol. The van der Waals surface area contributed by atoms with Gasteiger partial charge in [0.1, 0.15) is 0 Å². The van der Waals surface area contributed by atoms with E-state index in [2.05, 4.69) is 18.2 Å². The average molecular weight is 265 g/mol. The van der Waals surface area contributed by atoms with Crippen molar-refractivity contribution >= 4 is 29.9 Å². The van der Waals surface area contributed by atoms with Crippen LogP contribution in [0.25, 0.3) is 22.4 Å². The van der Waals surface area contributed by atoms with E-state index >= 15 is 0 Å². The predicted octanol–water partition coefficient (Wildman–Crippen LogP) is 1.42. The number of aromatic nitrogens is 4. The van der Waals surface area contributed by atoms with Crippen molar-refractivity contribution in [3.05, 3.63) is 43.0 Å². The van der Waals surface area contributed by atoms with Crippen molar-refractivity contribution in [1.29, 1.82) is 0 Å². The Hall–Kier alpha value is -1.59. The van der Waals surface area contributed by atoms with Crippen LogP contribution >= 0.6 is 0 Å². The van der Waals surface area contributed by atoms with Gasteiger partial charge in [0, 0.05) is 0 Å². The molecule has 4 nitrogen and oxygen atoms in total. The second-order valence-electron chi connectivity index (χ2n) is 3.41. The summed E-state index contributed by atoms with van der Waals surface area (Å²) in [6, 6.07) is 7.94. The van der Waals surface area contributed by atoms with Gasteiger partial charge in [-0.15, -0.1) is 0 Å². The van der Waals surface area contributed by atoms with Crippen molar-refractivity contribution in [3.8, 4) is 11.4 Å². The molecule has 0 spiro atoms. The van der Waals surface area contributed by atoms with Gasteiger partial charge in [0.05, 0.1) is 0 Å². The molecule has 0 aromatic carbocycles. The van der Waals surface area contributed by atoms with Crippen LogP contribution in [-0.4, -0.2) is 37.1 Å². The topological polar surface area (TPSA) is 43.6 Å². The molecular weight excluding hydrogens is 258 g/mol. The van der Waals surface area contributed by atoms with Crippen LogP contribution in [0.2, 0.25) is 0 Å². The third-order valence-electron chi connectivity index (χ3n) is 2.44. The van der Waals surface area contributed by atoms with Gasteiger partial charge in [-0.2, -0.15) is 0 Å². The van der Waals surface area contributed by atoms with E-state index in [0.29, 0.717) is 0 Å². The quantitative estimate of drug-likeness (QED) is 0.625. The van der Waals surface area contributed by atoms with Crippen LogP contribution in [0.1, 0.15) is 0 Å². The zero-order valence-electron chi connectivity index (χ0n) is 8.41. The molecule has 3 aromatic rings. The average Bonchev–Trinajstić information content (AvgIpc) is 2.69. The molecule has 0 aliphatic rings. The number of rotatable bonds is 1. The molecule has 0 aliphatic heterocycles. The Morgan fingerprint density at radius 1 is 1.19 bits per heavy atom. The summed E-state index contributed by atoms with van der Waals surface area (Å²) in [6.07, 6.45) is 5.19. The summed E-state index contributed by atoms with van der Waals surface area (Å²) in [7, 11) is 0. The molecule has 74 valence electrons. The molecule has 0 amide bonds. The van der Waals surface area contributed by atoms with E-state index in [1.54, 1.807) is 12.5 Å². The third-order valence-corrected chi connectivity index (χ3v) is 3.61. The minimum absolute atomic E-state index is 0.958. The molecule has 5 heteroatoms. The summed E-state index contributed by atoms with van der Waals surface area (Å²) in [6.45, 7) is 0. The SMILES string of the molecule is [Ga][n]1c(-c2ccccn2)cc2ncncc21. The molecule has 0 bridgehead atoms. The first-order valence-corrected chi connectivity index (χ1v) is 5.92. The first-order valence-electron chi connectivity index (χ1n) is 4.84. The van der Waals surface area contributed by atoms with Gasteiger partial charge < -0.3 is 0 Å². The zero-order valence-corrected chi connectivity index (χ0v) is 10.8. The zero-order chi connectivity index (χ0) is 11.0. The maximum absolute atomic E-state index is 4.35. The molecule has 2 radical (unpaired) electrons.